The van der Waals surface area contributed by atoms with Gasteiger partial charge < -0.3 is 9.47 Å². The number of aryl methyl sites for hydroxylation is 2. The zero-order valence-corrected chi connectivity index (χ0v) is 15.1. The van der Waals surface area contributed by atoms with Crippen LogP contribution >= 0.6 is 0 Å². The molecule has 0 bridgehead atoms. The molecule has 0 aliphatic heterocycles. The Morgan fingerprint density at radius 1 is 0.958 bits per heavy atom. The van der Waals surface area contributed by atoms with E-state index in [9.17, 15) is 0 Å². The second kappa shape index (κ2) is 7.06. The van der Waals surface area contributed by atoms with Crippen molar-refractivity contribution in [3.05, 3.63) is 70.9 Å². The first-order chi connectivity index (χ1) is 11.5. The topological polar surface area (TPSA) is 8.17 Å². The first kappa shape index (κ1) is 16.5. The Hall–Kier alpha value is -2.32. The number of likely N-dealkylation sites (N-methyl/N-ethyl adjacent to an activating group) is 1. The Kier molecular flexibility index (Phi) is 4.86. The average Bonchev–Trinajstić information content (AvgIpc) is 2.92. The molecule has 3 aromatic rings. The van der Waals surface area contributed by atoms with Gasteiger partial charge in [-0.15, -0.1) is 0 Å². The van der Waals surface area contributed by atoms with Gasteiger partial charge in [0.1, 0.15) is 0 Å². The first-order valence-corrected chi connectivity index (χ1v) is 8.52. The molecule has 1 heterocycles. The van der Waals surface area contributed by atoms with E-state index in [4.69, 9.17) is 0 Å². The maximum atomic E-state index is 2.36. The summed E-state index contributed by atoms with van der Waals surface area (Å²) in [5, 5.41) is 1.32. The van der Waals surface area contributed by atoms with Gasteiger partial charge in [-0.1, -0.05) is 48.6 Å². The normalized spacial score (nSPS) is 11.9. The van der Waals surface area contributed by atoms with Crippen molar-refractivity contribution >= 4 is 23.1 Å². The van der Waals surface area contributed by atoms with Gasteiger partial charge in [0.25, 0.3) is 0 Å². The van der Waals surface area contributed by atoms with Crippen LogP contribution in [0.25, 0.3) is 23.1 Å². The van der Waals surface area contributed by atoms with Gasteiger partial charge in [-0.05, 0) is 56.3 Å². The highest BCUT2D eigenvalue weighted by Gasteiger charge is 2.06. The lowest BCUT2D eigenvalue weighted by atomic mass is 10.1. The van der Waals surface area contributed by atoms with E-state index in [0.29, 0.717) is 0 Å². The van der Waals surface area contributed by atoms with E-state index in [2.05, 4.69) is 98.2 Å². The van der Waals surface area contributed by atoms with Crippen LogP contribution in [-0.2, 0) is 6.54 Å². The molecule has 0 amide bonds. The minimum Gasteiger partial charge on any atom is -0.346 e. The summed E-state index contributed by atoms with van der Waals surface area (Å²) < 4.78 is 2.36. The van der Waals surface area contributed by atoms with Gasteiger partial charge >= 0.3 is 0 Å². The summed E-state index contributed by atoms with van der Waals surface area (Å²) in [4.78, 5) is 2.22. The molecule has 0 aliphatic rings. The van der Waals surface area contributed by atoms with Crippen LogP contribution in [0.5, 0.6) is 0 Å². The molecule has 0 atom stereocenters. The summed E-state index contributed by atoms with van der Waals surface area (Å²) in [6.45, 7) is 6.37. The molecule has 2 aromatic carbocycles. The van der Waals surface area contributed by atoms with Crippen LogP contribution in [0.3, 0.4) is 0 Å². The third-order valence-corrected chi connectivity index (χ3v) is 4.59. The largest absolute Gasteiger partial charge is 0.346 e. The number of fused-ring (bicyclic) bond motifs is 1. The highest BCUT2D eigenvalue weighted by molar-refractivity contribution is 5.92. The predicted molar refractivity (Wildman–Crippen MR) is 105 cm³/mol. The lowest BCUT2D eigenvalue weighted by Gasteiger charge is -2.10. The Balaban J connectivity index is 1.93. The monoisotopic (exact) mass is 318 g/mol. The summed E-state index contributed by atoms with van der Waals surface area (Å²) in [6, 6.07) is 15.3. The van der Waals surface area contributed by atoms with Gasteiger partial charge in [0.05, 0.1) is 0 Å². The van der Waals surface area contributed by atoms with Crippen LogP contribution in [0.1, 0.15) is 22.3 Å². The van der Waals surface area contributed by atoms with E-state index >= 15 is 0 Å². The van der Waals surface area contributed by atoms with Crippen molar-refractivity contribution in [2.24, 2.45) is 0 Å². The van der Waals surface area contributed by atoms with E-state index in [-0.39, 0.29) is 0 Å². The van der Waals surface area contributed by atoms with Crippen molar-refractivity contribution in [1.82, 2.24) is 9.47 Å². The number of aromatic nitrogens is 1. The molecule has 0 saturated heterocycles. The molecule has 0 spiro atoms. The maximum Gasteiger partial charge on any atom is 0.0486 e. The van der Waals surface area contributed by atoms with Gasteiger partial charge in [-0.3, -0.25) is 0 Å². The van der Waals surface area contributed by atoms with Gasteiger partial charge in [-0.25, -0.2) is 0 Å². The Morgan fingerprint density at radius 2 is 1.75 bits per heavy atom. The number of benzene rings is 2. The molecule has 1 aromatic heterocycles. The second-order valence-electron chi connectivity index (χ2n) is 6.78. The van der Waals surface area contributed by atoms with Crippen LogP contribution in [0.4, 0.5) is 0 Å². The molecule has 0 unspecified atom stereocenters. The molecule has 2 nitrogen and oxygen atoms in total. The molecule has 3 rings (SSSR count). The zero-order chi connectivity index (χ0) is 17.1. The average molecular weight is 318 g/mol. The number of rotatable bonds is 5. The van der Waals surface area contributed by atoms with Crippen molar-refractivity contribution in [2.45, 2.75) is 20.4 Å². The molecule has 124 valence electrons. The highest BCUT2D eigenvalue weighted by atomic mass is 15.1. The Labute approximate surface area is 145 Å². The molecule has 24 heavy (non-hydrogen) atoms. The van der Waals surface area contributed by atoms with E-state index in [1.165, 1.54) is 33.2 Å². The fourth-order valence-electron chi connectivity index (χ4n) is 2.96. The van der Waals surface area contributed by atoms with Crippen LogP contribution in [0.15, 0.2) is 48.7 Å². The number of hydrogen-bond donors (Lipinski definition) is 0. The van der Waals surface area contributed by atoms with Crippen molar-refractivity contribution in [1.29, 1.82) is 0 Å². The molecule has 2 heteroatoms. The van der Waals surface area contributed by atoms with Crippen LogP contribution in [0.2, 0.25) is 0 Å². The molecular formula is C22H26N2. The second-order valence-corrected chi connectivity index (χ2v) is 6.78. The summed E-state index contributed by atoms with van der Waals surface area (Å²) in [7, 11) is 4.23. The molecule has 0 aliphatic carbocycles. The Bertz CT molecular complexity index is 869. The fourth-order valence-corrected chi connectivity index (χ4v) is 2.96. The van der Waals surface area contributed by atoms with Crippen molar-refractivity contribution in [2.75, 3.05) is 20.6 Å². The van der Waals surface area contributed by atoms with E-state index in [1.54, 1.807) is 0 Å². The number of nitrogens with zero attached hydrogens (tertiary/aromatic N) is 2. The zero-order valence-electron chi connectivity index (χ0n) is 15.1. The van der Waals surface area contributed by atoms with Gasteiger partial charge in [0.15, 0.2) is 0 Å². The minimum atomic E-state index is 1.00. The summed E-state index contributed by atoms with van der Waals surface area (Å²) >= 11 is 0. The summed E-state index contributed by atoms with van der Waals surface area (Å²) in [5.74, 6) is 0. The first-order valence-electron chi connectivity index (χ1n) is 8.52. The quantitative estimate of drug-likeness (QED) is 0.643. The van der Waals surface area contributed by atoms with Crippen LogP contribution < -0.4 is 0 Å². The lowest BCUT2D eigenvalue weighted by molar-refractivity contribution is 0.387. The van der Waals surface area contributed by atoms with Gasteiger partial charge in [0, 0.05) is 30.2 Å². The molecule has 0 fully saturated rings. The summed E-state index contributed by atoms with van der Waals surface area (Å²) in [5.41, 5.74) is 6.52. The van der Waals surface area contributed by atoms with Crippen molar-refractivity contribution < 1.29 is 0 Å². The molecule has 0 saturated carbocycles. The van der Waals surface area contributed by atoms with Gasteiger partial charge in [0.2, 0.25) is 0 Å². The van der Waals surface area contributed by atoms with Crippen molar-refractivity contribution in [3.63, 3.8) is 0 Å². The third-order valence-electron chi connectivity index (χ3n) is 4.59. The molecule has 0 N–H and O–H groups in total. The predicted octanol–water partition coefficient (Wildman–Crippen LogP) is 4.99. The van der Waals surface area contributed by atoms with Gasteiger partial charge in [-0.2, -0.15) is 0 Å². The lowest BCUT2D eigenvalue weighted by Crippen LogP contribution is -2.17. The third kappa shape index (κ3) is 3.60. The Morgan fingerprint density at radius 3 is 2.50 bits per heavy atom. The number of para-hydroxylation sites is 1. The van der Waals surface area contributed by atoms with Crippen LogP contribution in [-0.4, -0.2) is 30.1 Å². The highest BCUT2D eigenvalue weighted by Crippen LogP contribution is 2.23. The standard InChI is InChI=1S/C22H26N2/c1-17-9-10-19(15-18(17)2)11-12-20-16-24(14-13-23(3)4)22-8-6-5-7-21(20)22/h5-12,15-16H,13-14H2,1-4H3/b12-11+. The molecular weight excluding hydrogens is 292 g/mol. The molecule has 0 radical (unpaired) electrons. The SMILES string of the molecule is Cc1ccc(/C=C/c2cn(CCN(C)C)c3ccccc23)cc1C. The van der Waals surface area contributed by atoms with Crippen molar-refractivity contribution in [3.8, 4) is 0 Å². The smallest absolute Gasteiger partial charge is 0.0486 e. The van der Waals surface area contributed by atoms with E-state index in [0.717, 1.165) is 13.1 Å². The van der Waals surface area contributed by atoms with E-state index < -0.39 is 0 Å². The fraction of sp³-hybridized carbons (Fsp3) is 0.273. The van der Waals surface area contributed by atoms with Crippen LogP contribution in [0, 0.1) is 13.8 Å². The maximum absolute atomic E-state index is 2.36. The van der Waals surface area contributed by atoms with E-state index in [1.807, 2.05) is 0 Å². The number of hydrogen-bond acceptors (Lipinski definition) is 1. The summed E-state index contributed by atoms with van der Waals surface area (Å²) in [6.07, 6.45) is 6.72. The minimum absolute atomic E-state index is 1.00.